The second kappa shape index (κ2) is 6.06. The minimum Gasteiger partial charge on any atom is -0.508 e. The number of phenolic OH excluding ortho intramolecular Hbond substituents is 1. The van der Waals surface area contributed by atoms with E-state index < -0.39 is 0 Å². The predicted octanol–water partition coefficient (Wildman–Crippen LogP) is 2.12. The van der Waals surface area contributed by atoms with Crippen LogP contribution < -0.4 is 10.6 Å². The van der Waals surface area contributed by atoms with E-state index in [0.29, 0.717) is 28.9 Å². The number of piperidine rings is 1. The zero-order valence-electron chi connectivity index (χ0n) is 15.0. The van der Waals surface area contributed by atoms with E-state index in [1.807, 2.05) is 13.0 Å². The van der Waals surface area contributed by atoms with Gasteiger partial charge in [0.25, 0.3) is 5.91 Å². The van der Waals surface area contributed by atoms with Crippen LogP contribution >= 0.6 is 0 Å². The first-order chi connectivity index (χ1) is 13.1. The van der Waals surface area contributed by atoms with Crippen molar-refractivity contribution in [3.05, 3.63) is 41.6 Å². The molecule has 1 aliphatic heterocycles. The van der Waals surface area contributed by atoms with Gasteiger partial charge in [-0.3, -0.25) is 9.89 Å². The van der Waals surface area contributed by atoms with Crippen molar-refractivity contribution in [2.24, 2.45) is 5.92 Å². The van der Waals surface area contributed by atoms with Crippen molar-refractivity contribution in [3.63, 3.8) is 0 Å². The first-order valence-electron chi connectivity index (χ1n) is 9.28. The van der Waals surface area contributed by atoms with Crippen LogP contribution in [0.5, 0.6) is 5.75 Å². The lowest BCUT2D eigenvalue weighted by atomic mass is 10.0. The van der Waals surface area contributed by atoms with Crippen molar-refractivity contribution < 1.29 is 9.90 Å². The van der Waals surface area contributed by atoms with E-state index in [2.05, 4.69) is 25.8 Å². The fraction of sp³-hybridized carbons (Fsp3) is 0.350. The van der Waals surface area contributed by atoms with E-state index in [1.54, 1.807) is 24.3 Å². The molecule has 2 fully saturated rings. The number of nitrogens with zero attached hydrogens (tertiary/aromatic N) is 2. The van der Waals surface area contributed by atoms with Gasteiger partial charge >= 0.3 is 0 Å². The highest BCUT2D eigenvalue weighted by molar-refractivity contribution is 6.07. The smallest absolute Gasteiger partial charge is 0.252 e. The number of carbonyl (C=O) groups excluding carboxylic acids is 1. The number of aromatic nitrogens is 3. The summed E-state index contributed by atoms with van der Waals surface area (Å²) in [6.45, 7) is 2.88. The van der Waals surface area contributed by atoms with Crippen molar-refractivity contribution >= 4 is 16.9 Å². The molecule has 2 bridgehead atoms. The number of hydrogen-bond acceptors (Lipinski definition) is 5. The third-order valence-electron chi connectivity index (χ3n) is 5.79. The molecular weight excluding hydrogens is 342 g/mol. The molecule has 2 aromatic heterocycles. The topological polar surface area (TPSA) is 103 Å². The molecule has 3 heterocycles. The van der Waals surface area contributed by atoms with E-state index in [-0.39, 0.29) is 17.7 Å². The van der Waals surface area contributed by atoms with Crippen molar-refractivity contribution in [2.75, 3.05) is 6.54 Å². The zero-order chi connectivity index (χ0) is 18.5. The van der Waals surface area contributed by atoms with Gasteiger partial charge < -0.3 is 15.7 Å². The highest BCUT2D eigenvalue weighted by Gasteiger charge is 2.40. The standard InChI is InChI=1S/C20H21N5O2/c1-10-18-15(20(27)23-16-7-13-6-12(16)9-21-13)8-17(22-19(18)25-24-10)11-2-4-14(26)5-3-11/h2-5,8,12-13,16,21,26H,6-7,9H2,1H3,(H,23,27)(H,22,24,25). The Kier molecular flexibility index (Phi) is 3.65. The quantitative estimate of drug-likeness (QED) is 0.571. The van der Waals surface area contributed by atoms with Gasteiger partial charge in [-0.15, -0.1) is 0 Å². The number of H-pyrrole nitrogens is 1. The summed E-state index contributed by atoms with van der Waals surface area (Å²) >= 11 is 0. The van der Waals surface area contributed by atoms with Gasteiger partial charge in [-0.25, -0.2) is 4.98 Å². The molecule has 3 aromatic rings. The first kappa shape index (κ1) is 16.3. The number of benzene rings is 1. The Morgan fingerprint density at radius 1 is 1.26 bits per heavy atom. The molecule has 0 radical (unpaired) electrons. The molecule has 7 heteroatoms. The highest BCUT2D eigenvalue weighted by Crippen LogP contribution is 2.32. The minimum atomic E-state index is -0.0792. The molecule has 0 spiro atoms. The SMILES string of the molecule is Cc1[nH]nc2nc(-c3ccc(O)cc3)cc(C(=O)NC3CC4CC3CN4)c12. The molecule has 5 rings (SSSR count). The number of aryl methyl sites for hydroxylation is 1. The van der Waals surface area contributed by atoms with Gasteiger partial charge in [0.1, 0.15) is 5.75 Å². The van der Waals surface area contributed by atoms with Crippen LogP contribution in [0.1, 0.15) is 28.9 Å². The molecule has 1 saturated heterocycles. The van der Waals surface area contributed by atoms with Crippen LogP contribution in [0.4, 0.5) is 0 Å². The summed E-state index contributed by atoms with van der Waals surface area (Å²) < 4.78 is 0. The Balaban J connectivity index is 1.54. The normalized spacial score (nSPS) is 23.8. The summed E-state index contributed by atoms with van der Waals surface area (Å²) in [6, 6.07) is 9.35. The second-order valence-corrected chi connectivity index (χ2v) is 7.57. The maximum absolute atomic E-state index is 13.1. The number of amides is 1. The molecule has 1 aromatic carbocycles. The lowest BCUT2D eigenvalue weighted by Gasteiger charge is -2.23. The number of aromatic hydroxyl groups is 1. The Hall–Kier alpha value is -2.93. The molecule has 138 valence electrons. The van der Waals surface area contributed by atoms with Crippen LogP contribution in [0.3, 0.4) is 0 Å². The number of phenols is 1. The average Bonchev–Trinajstić information content (AvgIpc) is 3.38. The molecule has 7 nitrogen and oxygen atoms in total. The molecule has 1 amide bonds. The number of nitrogens with one attached hydrogen (secondary N) is 3. The molecule has 1 saturated carbocycles. The molecule has 2 aliphatic rings. The molecular formula is C20H21N5O2. The highest BCUT2D eigenvalue weighted by atomic mass is 16.3. The second-order valence-electron chi connectivity index (χ2n) is 7.57. The number of aromatic amines is 1. The molecule has 3 unspecified atom stereocenters. The van der Waals surface area contributed by atoms with Crippen molar-refractivity contribution in [1.29, 1.82) is 0 Å². The summed E-state index contributed by atoms with van der Waals surface area (Å²) in [7, 11) is 0. The Bertz CT molecular complexity index is 1030. The van der Waals surface area contributed by atoms with E-state index >= 15 is 0 Å². The Morgan fingerprint density at radius 3 is 2.78 bits per heavy atom. The molecule has 1 aliphatic carbocycles. The van der Waals surface area contributed by atoms with E-state index in [1.165, 1.54) is 0 Å². The monoisotopic (exact) mass is 363 g/mol. The van der Waals surface area contributed by atoms with Crippen LogP contribution in [0.25, 0.3) is 22.3 Å². The van der Waals surface area contributed by atoms with Gasteiger partial charge in [0.05, 0.1) is 16.6 Å². The lowest BCUT2D eigenvalue weighted by Crippen LogP contribution is -2.44. The third kappa shape index (κ3) is 2.75. The predicted molar refractivity (Wildman–Crippen MR) is 101 cm³/mol. The molecule has 27 heavy (non-hydrogen) atoms. The van der Waals surface area contributed by atoms with Crippen molar-refractivity contribution in [1.82, 2.24) is 25.8 Å². The van der Waals surface area contributed by atoms with Gasteiger partial charge in [0.2, 0.25) is 0 Å². The van der Waals surface area contributed by atoms with Gasteiger partial charge in [-0.1, -0.05) is 0 Å². The first-order valence-corrected chi connectivity index (χ1v) is 9.28. The average molecular weight is 363 g/mol. The lowest BCUT2D eigenvalue weighted by molar-refractivity contribution is 0.0926. The van der Waals surface area contributed by atoms with Gasteiger partial charge in [0, 0.05) is 29.9 Å². The van der Waals surface area contributed by atoms with Crippen LogP contribution in [-0.4, -0.2) is 44.8 Å². The number of hydrogen-bond donors (Lipinski definition) is 4. The van der Waals surface area contributed by atoms with Gasteiger partial charge in [-0.05, 0) is 56.0 Å². The number of fused-ring (bicyclic) bond motifs is 3. The Labute approximate surface area is 156 Å². The number of pyridine rings is 1. The van der Waals surface area contributed by atoms with Crippen molar-refractivity contribution in [3.8, 4) is 17.0 Å². The number of rotatable bonds is 3. The third-order valence-corrected chi connectivity index (χ3v) is 5.79. The van der Waals surface area contributed by atoms with Crippen LogP contribution in [0.2, 0.25) is 0 Å². The van der Waals surface area contributed by atoms with E-state index in [9.17, 15) is 9.90 Å². The van der Waals surface area contributed by atoms with Crippen LogP contribution in [-0.2, 0) is 0 Å². The van der Waals surface area contributed by atoms with Crippen LogP contribution in [0.15, 0.2) is 30.3 Å². The largest absolute Gasteiger partial charge is 0.508 e. The Morgan fingerprint density at radius 2 is 2.07 bits per heavy atom. The van der Waals surface area contributed by atoms with Crippen molar-refractivity contribution in [2.45, 2.75) is 31.8 Å². The van der Waals surface area contributed by atoms with Gasteiger partial charge in [-0.2, -0.15) is 5.10 Å². The molecule has 4 N–H and O–H groups in total. The summed E-state index contributed by atoms with van der Waals surface area (Å²) in [4.78, 5) is 17.7. The summed E-state index contributed by atoms with van der Waals surface area (Å²) in [5, 5.41) is 24.2. The number of carbonyl (C=O) groups is 1. The molecule has 3 atom stereocenters. The van der Waals surface area contributed by atoms with Gasteiger partial charge in [0.15, 0.2) is 5.65 Å². The maximum Gasteiger partial charge on any atom is 0.252 e. The van der Waals surface area contributed by atoms with E-state index in [0.717, 1.165) is 36.0 Å². The fourth-order valence-corrected chi connectivity index (χ4v) is 4.39. The fourth-order valence-electron chi connectivity index (χ4n) is 4.39. The maximum atomic E-state index is 13.1. The summed E-state index contributed by atoms with van der Waals surface area (Å²) in [5.41, 5.74) is 3.43. The van der Waals surface area contributed by atoms with Crippen LogP contribution in [0, 0.1) is 12.8 Å². The summed E-state index contributed by atoms with van der Waals surface area (Å²) in [6.07, 6.45) is 2.13. The zero-order valence-corrected chi connectivity index (χ0v) is 15.0. The minimum absolute atomic E-state index is 0.0792. The van der Waals surface area contributed by atoms with E-state index in [4.69, 9.17) is 0 Å². The summed E-state index contributed by atoms with van der Waals surface area (Å²) in [5.74, 6) is 0.626.